The third kappa shape index (κ3) is 2.17. The van der Waals surface area contributed by atoms with E-state index >= 15 is 0 Å². The summed E-state index contributed by atoms with van der Waals surface area (Å²) in [6.45, 7) is 2.03. The van der Waals surface area contributed by atoms with Gasteiger partial charge in [-0.3, -0.25) is 0 Å². The Kier molecular flexibility index (Phi) is 3.03. The number of carbonyl (C=O) groups is 1. The van der Waals surface area contributed by atoms with E-state index in [0.717, 1.165) is 12.8 Å². The van der Waals surface area contributed by atoms with Crippen LogP contribution in [0.25, 0.3) is 0 Å². The van der Waals surface area contributed by atoms with E-state index in [0.29, 0.717) is 19.8 Å². The Bertz CT molecular complexity index is 377. The van der Waals surface area contributed by atoms with Crippen LogP contribution in [-0.2, 0) is 11.3 Å². The second-order valence-corrected chi connectivity index (χ2v) is 5.60. The van der Waals surface area contributed by atoms with Gasteiger partial charge in [-0.25, -0.2) is 4.79 Å². The van der Waals surface area contributed by atoms with Crippen LogP contribution < -0.4 is 5.32 Å². The summed E-state index contributed by atoms with van der Waals surface area (Å²) in [4.78, 5) is 15.3. The topological polar surface area (TPSA) is 41.6 Å². The van der Waals surface area contributed by atoms with Gasteiger partial charge in [0.25, 0.3) is 0 Å². The van der Waals surface area contributed by atoms with E-state index < -0.39 is 0 Å². The lowest BCUT2D eigenvalue weighted by atomic mass is 10.2. The van der Waals surface area contributed by atoms with Crippen LogP contribution in [0.4, 0.5) is 4.79 Å². The van der Waals surface area contributed by atoms with Crippen molar-refractivity contribution in [1.29, 1.82) is 0 Å². The van der Waals surface area contributed by atoms with Crippen LogP contribution in [0.15, 0.2) is 17.5 Å². The molecule has 17 heavy (non-hydrogen) atoms. The minimum atomic E-state index is 0.0641. The first-order chi connectivity index (χ1) is 8.34. The Balaban J connectivity index is 1.59. The normalized spacial score (nSPS) is 27.2. The first-order valence-corrected chi connectivity index (χ1v) is 6.89. The molecular weight excluding hydrogens is 236 g/mol. The van der Waals surface area contributed by atoms with E-state index in [4.69, 9.17) is 4.74 Å². The molecule has 2 aliphatic heterocycles. The van der Waals surface area contributed by atoms with Crippen molar-refractivity contribution in [2.24, 2.45) is 0 Å². The molecular formula is C12H16N2O2S. The van der Waals surface area contributed by atoms with Crippen molar-refractivity contribution in [2.45, 2.75) is 31.5 Å². The number of fused-ring (bicyclic) bond motifs is 2. The highest BCUT2D eigenvalue weighted by atomic mass is 32.1. The molecule has 0 aromatic carbocycles. The highest BCUT2D eigenvalue weighted by molar-refractivity contribution is 7.09. The minimum Gasteiger partial charge on any atom is -0.377 e. The number of urea groups is 1. The summed E-state index contributed by atoms with van der Waals surface area (Å²) in [7, 11) is 0. The number of morpholine rings is 1. The average molecular weight is 252 g/mol. The number of ether oxygens (including phenoxy) is 1. The van der Waals surface area contributed by atoms with Crippen molar-refractivity contribution >= 4 is 17.4 Å². The van der Waals surface area contributed by atoms with E-state index in [1.807, 2.05) is 22.4 Å². The maximum Gasteiger partial charge on any atom is 0.318 e. The molecule has 3 rings (SSSR count). The van der Waals surface area contributed by atoms with E-state index in [-0.39, 0.29) is 18.1 Å². The minimum absolute atomic E-state index is 0.0641. The maximum absolute atomic E-state index is 12.1. The molecule has 92 valence electrons. The van der Waals surface area contributed by atoms with E-state index in [2.05, 4.69) is 5.32 Å². The molecule has 2 fully saturated rings. The van der Waals surface area contributed by atoms with Gasteiger partial charge in [-0.1, -0.05) is 6.07 Å². The van der Waals surface area contributed by atoms with Crippen LogP contribution >= 0.6 is 11.3 Å². The predicted molar refractivity (Wildman–Crippen MR) is 66.0 cm³/mol. The van der Waals surface area contributed by atoms with Gasteiger partial charge in [-0.15, -0.1) is 11.3 Å². The fraction of sp³-hybridized carbons (Fsp3) is 0.583. The fourth-order valence-corrected chi connectivity index (χ4v) is 3.27. The Labute approximate surface area is 105 Å². The highest BCUT2D eigenvalue weighted by Gasteiger charge is 2.40. The first kappa shape index (κ1) is 11.0. The molecule has 0 aliphatic carbocycles. The van der Waals surface area contributed by atoms with Crippen LogP contribution in [0, 0.1) is 0 Å². The van der Waals surface area contributed by atoms with E-state index in [1.165, 1.54) is 4.88 Å². The lowest BCUT2D eigenvalue weighted by Crippen LogP contribution is -2.52. The molecule has 2 saturated heterocycles. The van der Waals surface area contributed by atoms with Gasteiger partial charge in [0.1, 0.15) is 0 Å². The number of nitrogens with zero attached hydrogens (tertiary/aromatic N) is 1. The number of hydrogen-bond donors (Lipinski definition) is 1. The third-order valence-corrected chi connectivity index (χ3v) is 4.35. The standard InChI is InChI=1S/C12H16N2O2S/c15-12(13-6-11-2-1-5-17-11)14-9-3-4-10(14)8-16-7-9/h1-2,5,9-10H,3-4,6-8H2,(H,13,15)/t9-,10-/m1/s1. The number of nitrogens with one attached hydrogen (secondary N) is 1. The van der Waals surface area contributed by atoms with Gasteiger partial charge in [-0.2, -0.15) is 0 Å². The summed E-state index contributed by atoms with van der Waals surface area (Å²) < 4.78 is 5.47. The Morgan fingerprint density at radius 3 is 2.88 bits per heavy atom. The zero-order valence-electron chi connectivity index (χ0n) is 9.59. The quantitative estimate of drug-likeness (QED) is 0.872. The molecule has 3 heterocycles. The highest BCUT2D eigenvalue weighted by Crippen LogP contribution is 2.28. The van der Waals surface area contributed by atoms with E-state index in [9.17, 15) is 4.79 Å². The number of thiophene rings is 1. The first-order valence-electron chi connectivity index (χ1n) is 6.01. The third-order valence-electron chi connectivity index (χ3n) is 3.47. The predicted octanol–water partition coefficient (Wildman–Crippen LogP) is 1.82. The molecule has 0 radical (unpaired) electrons. The number of rotatable bonds is 2. The largest absolute Gasteiger partial charge is 0.377 e. The van der Waals surface area contributed by atoms with Crippen LogP contribution in [0.5, 0.6) is 0 Å². The summed E-state index contributed by atoms with van der Waals surface area (Å²) in [5.74, 6) is 0. The number of carbonyl (C=O) groups excluding carboxylic acids is 1. The molecule has 2 atom stereocenters. The monoisotopic (exact) mass is 252 g/mol. The lowest BCUT2D eigenvalue weighted by Gasteiger charge is -2.34. The number of amides is 2. The van der Waals surface area contributed by atoms with Crippen LogP contribution in [-0.4, -0.2) is 36.2 Å². The van der Waals surface area contributed by atoms with Gasteiger partial charge >= 0.3 is 6.03 Å². The molecule has 2 aliphatic rings. The molecule has 0 spiro atoms. The number of hydrogen-bond acceptors (Lipinski definition) is 3. The second-order valence-electron chi connectivity index (χ2n) is 4.57. The van der Waals surface area contributed by atoms with Crippen molar-refractivity contribution in [3.8, 4) is 0 Å². The molecule has 1 aromatic heterocycles. The van der Waals surface area contributed by atoms with Crippen LogP contribution in [0.2, 0.25) is 0 Å². The Morgan fingerprint density at radius 1 is 1.47 bits per heavy atom. The molecule has 4 nitrogen and oxygen atoms in total. The molecule has 0 saturated carbocycles. The van der Waals surface area contributed by atoms with E-state index in [1.54, 1.807) is 11.3 Å². The van der Waals surface area contributed by atoms with Crippen LogP contribution in [0.1, 0.15) is 17.7 Å². The van der Waals surface area contributed by atoms with Gasteiger partial charge in [-0.05, 0) is 24.3 Å². The van der Waals surface area contributed by atoms with Gasteiger partial charge in [0.05, 0.1) is 31.8 Å². The Hall–Kier alpha value is -1.07. The van der Waals surface area contributed by atoms with Gasteiger partial charge in [0.15, 0.2) is 0 Å². The molecule has 0 unspecified atom stereocenters. The summed E-state index contributed by atoms with van der Waals surface area (Å²) in [5.41, 5.74) is 0. The van der Waals surface area contributed by atoms with Crippen LogP contribution in [0.3, 0.4) is 0 Å². The lowest BCUT2D eigenvalue weighted by molar-refractivity contribution is 0.00633. The SMILES string of the molecule is O=C(NCc1cccs1)N1[C@@H]2CC[C@@H]1COC2. The van der Waals surface area contributed by atoms with Crippen molar-refractivity contribution in [2.75, 3.05) is 13.2 Å². The van der Waals surface area contributed by atoms with Crippen molar-refractivity contribution in [3.05, 3.63) is 22.4 Å². The van der Waals surface area contributed by atoms with Crippen molar-refractivity contribution in [1.82, 2.24) is 10.2 Å². The summed E-state index contributed by atoms with van der Waals surface area (Å²) in [5, 5.41) is 5.03. The average Bonchev–Trinajstić information content (AvgIpc) is 2.93. The summed E-state index contributed by atoms with van der Waals surface area (Å²) in [6, 6.07) is 4.69. The van der Waals surface area contributed by atoms with Gasteiger partial charge in [0.2, 0.25) is 0 Å². The second kappa shape index (κ2) is 4.66. The fourth-order valence-electron chi connectivity index (χ4n) is 2.63. The molecule has 2 amide bonds. The molecule has 1 aromatic rings. The molecule has 5 heteroatoms. The zero-order valence-corrected chi connectivity index (χ0v) is 10.4. The summed E-state index contributed by atoms with van der Waals surface area (Å²) >= 11 is 1.67. The maximum atomic E-state index is 12.1. The molecule has 2 bridgehead atoms. The summed E-state index contributed by atoms with van der Waals surface area (Å²) in [6.07, 6.45) is 2.16. The van der Waals surface area contributed by atoms with Crippen molar-refractivity contribution < 1.29 is 9.53 Å². The zero-order chi connectivity index (χ0) is 11.7. The van der Waals surface area contributed by atoms with Gasteiger partial charge < -0.3 is 15.0 Å². The molecule has 1 N–H and O–H groups in total. The Morgan fingerprint density at radius 2 is 2.24 bits per heavy atom. The van der Waals surface area contributed by atoms with Gasteiger partial charge in [0, 0.05) is 4.88 Å². The van der Waals surface area contributed by atoms with Crippen molar-refractivity contribution in [3.63, 3.8) is 0 Å². The smallest absolute Gasteiger partial charge is 0.318 e.